The third-order valence-corrected chi connectivity index (χ3v) is 10.9. The van der Waals surface area contributed by atoms with Crippen LogP contribution in [0.15, 0.2) is 36.5 Å². The van der Waals surface area contributed by atoms with E-state index in [-0.39, 0.29) is 41.5 Å². The van der Waals surface area contributed by atoms with Crippen molar-refractivity contribution in [3.05, 3.63) is 47.9 Å². The Hall–Kier alpha value is -3.60. The molecule has 2 saturated carbocycles. The van der Waals surface area contributed by atoms with Crippen molar-refractivity contribution >= 4 is 27.5 Å². The van der Waals surface area contributed by atoms with Crippen LogP contribution in [0.1, 0.15) is 64.4 Å². The summed E-state index contributed by atoms with van der Waals surface area (Å²) >= 11 is 0. The summed E-state index contributed by atoms with van der Waals surface area (Å²) in [7, 11) is 0. The monoisotopic (exact) mass is 641 g/mol. The summed E-state index contributed by atoms with van der Waals surface area (Å²) in [5.41, 5.74) is 0.689. The number of ether oxygens (including phenoxy) is 2. The average Bonchev–Trinajstić information content (AvgIpc) is 3.85. The number of aliphatic hydroxyl groups is 1. The lowest BCUT2D eigenvalue weighted by Crippen LogP contribution is -2.52. The first-order valence-electron chi connectivity index (χ1n) is 17.3. The number of aromatic hydroxyl groups is 1. The molecule has 3 unspecified atom stereocenters. The molecule has 8 rings (SSSR count). The molecule has 0 spiro atoms. The number of rotatable bonds is 7. The first kappa shape index (κ1) is 30.7. The zero-order valence-corrected chi connectivity index (χ0v) is 27.3. The Kier molecular flexibility index (Phi) is 7.73. The van der Waals surface area contributed by atoms with E-state index in [1.54, 1.807) is 25.3 Å². The van der Waals surface area contributed by atoms with Gasteiger partial charge in [0.2, 0.25) is 0 Å². The molecule has 3 atom stereocenters. The van der Waals surface area contributed by atoms with Crippen molar-refractivity contribution in [2.45, 2.75) is 82.9 Å². The second-order valence-corrected chi connectivity index (χ2v) is 14.5. The number of likely N-dealkylation sites (tertiary alicyclic amines) is 1. The quantitative estimate of drug-likeness (QED) is 0.251. The molecule has 4 aromatic rings. The van der Waals surface area contributed by atoms with Crippen molar-refractivity contribution in [3.63, 3.8) is 0 Å². The molecule has 10 heteroatoms. The second kappa shape index (κ2) is 11.8. The number of pyridine rings is 1. The van der Waals surface area contributed by atoms with E-state index in [2.05, 4.69) is 16.8 Å². The van der Waals surface area contributed by atoms with Crippen LogP contribution in [0.5, 0.6) is 11.8 Å². The minimum absolute atomic E-state index is 0.0401. The van der Waals surface area contributed by atoms with E-state index in [0.717, 1.165) is 48.6 Å². The van der Waals surface area contributed by atoms with Gasteiger partial charge in [0.25, 0.3) is 0 Å². The van der Waals surface area contributed by atoms with Crippen LogP contribution in [-0.2, 0) is 11.2 Å². The third-order valence-electron chi connectivity index (χ3n) is 10.9. The van der Waals surface area contributed by atoms with E-state index in [1.165, 1.54) is 25.7 Å². The van der Waals surface area contributed by atoms with E-state index >= 15 is 4.39 Å². The molecule has 2 aliphatic heterocycles. The highest BCUT2D eigenvalue weighted by molar-refractivity contribution is 6.01. The number of piperidine rings is 1. The summed E-state index contributed by atoms with van der Waals surface area (Å²) in [5, 5.41) is 23.8. The van der Waals surface area contributed by atoms with Crippen molar-refractivity contribution in [1.82, 2.24) is 19.9 Å². The average molecular weight is 642 g/mol. The molecule has 47 heavy (non-hydrogen) atoms. The van der Waals surface area contributed by atoms with Gasteiger partial charge in [0, 0.05) is 35.8 Å². The molecule has 0 radical (unpaired) electrons. The standard InChI is InChI=1S/C37H44FN5O4/c1-3-23-7-4-8-24-17-26(44)18-27(30(23)24)32-31(38)33-28(19-39-32)34(42-15-16-46-21-36(2,45)20-42)41-35(40-33)47-22-37-12-5-9-29(37)43(14-6-13-37)25-10-11-25/h4,7-8,17-19,25,29,44-45H,3,5-6,9-16,20-22H2,1-2H3. The molecular weight excluding hydrogens is 597 g/mol. The Balaban J connectivity index is 1.24. The molecule has 9 nitrogen and oxygen atoms in total. The zero-order valence-electron chi connectivity index (χ0n) is 27.3. The van der Waals surface area contributed by atoms with Crippen molar-refractivity contribution in [3.8, 4) is 23.0 Å². The second-order valence-electron chi connectivity index (χ2n) is 14.5. The number of halogens is 1. The van der Waals surface area contributed by atoms with E-state index in [1.807, 2.05) is 23.1 Å². The van der Waals surface area contributed by atoms with Gasteiger partial charge in [-0.05, 0) is 86.9 Å². The smallest absolute Gasteiger partial charge is 0.319 e. The van der Waals surface area contributed by atoms with Crippen LogP contribution >= 0.6 is 0 Å². The number of aryl methyl sites for hydroxylation is 1. The van der Waals surface area contributed by atoms with Crippen LogP contribution in [0, 0.1) is 11.2 Å². The maximum atomic E-state index is 17.0. The van der Waals surface area contributed by atoms with Crippen molar-refractivity contribution in [2.75, 3.05) is 44.4 Å². The molecule has 2 aromatic heterocycles. The van der Waals surface area contributed by atoms with Gasteiger partial charge in [0.1, 0.15) is 28.4 Å². The normalized spacial score (nSPS) is 26.9. The zero-order chi connectivity index (χ0) is 32.3. The number of hydrogen-bond acceptors (Lipinski definition) is 9. The van der Waals surface area contributed by atoms with E-state index in [4.69, 9.17) is 19.4 Å². The first-order valence-corrected chi connectivity index (χ1v) is 17.3. The highest BCUT2D eigenvalue weighted by Gasteiger charge is 2.51. The fourth-order valence-electron chi connectivity index (χ4n) is 8.66. The van der Waals surface area contributed by atoms with Gasteiger partial charge in [-0.1, -0.05) is 31.5 Å². The predicted molar refractivity (Wildman–Crippen MR) is 179 cm³/mol. The van der Waals surface area contributed by atoms with E-state index < -0.39 is 11.4 Å². The van der Waals surface area contributed by atoms with Gasteiger partial charge in [0.05, 0.1) is 31.8 Å². The van der Waals surface area contributed by atoms with Crippen LogP contribution in [0.25, 0.3) is 32.9 Å². The molecule has 0 bridgehead atoms. The van der Waals surface area contributed by atoms with Gasteiger partial charge in [-0.25, -0.2) is 4.39 Å². The van der Waals surface area contributed by atoms with Crippen molar-refractivity contribution < 1.29 is 24.1 Å². The summed E-state index contributed by atoms with van der Waals surface area (Å²) in [6.07, 6.45) is 10.7. The first-order chi connectivity index (χ1) is 22.7. The summed E-state index contributed by atoms with van der Waals surface area (Å²) in [6, 6.07) is 10.5. The Labute approximate surface area is 274 Å². The lowest BCUT2D eigenvalue weighted by molar-refractivity contribution is -0.0123. The maximum absolute atomic E-state index is 17.0. The maximum Gasteiger partial charge on any atom is 0.319 e. The fraction of sp³-hybridized carbons (Fsp3) is 0.541. The Morgan fingerprint density at radius 1 is 1.11 bits per heavy atom. The van der Waals surface area contributed by atoms with Crippen LogP contribution in [0.3, 0.4) is 0 Å². The number of hydrogen-bond donors (Lipinski definition) is 2. The number of anilines is 1. The molecule has 248 valence electrons. The number of phenolic OH excluding ortho intramolecular Hbond substituents is 1. The van der Waals surface area contributed by atoms with E-state index in [9.17, 15) is 10.2 Å². The number of β-amino-alcohol motifs (C(OH)–C–C–N with tert-alkyl or cyclic N) is 1. The highest BCUT2D eigenvalue weighted by Crippen LogP contribution is 2.51. The fourth-order valence-corrected chi connectivity index (χ4v) is 8.66. The van der Waals surface area contributed by atoms with E-state index in [0.29, 0.717) is 48.6 Å². The van der Waals surface area contributed by atoms with Gasteiger partial charge < -0.3 is 24.6 Å². The largest absolute Gasteiger partial charge is 0.508 e. The SMILES string of the molecule is CCc1cccc2cc(O)cc(-c3ncc4c(N5CCOCC(C)(O)C5)nc(OCC56CCCC5N(C5CC5)CCC6)nc4c3F)c12. The summed E-state index contributed by atoms with van der Waals surface area (Å²) in [5.74, 6) is -0.0899. The van der Waals surface area contributed by atoms with Gasteiger partial charge in [0.15, 0.2) is 5.82 Å². The molecule has 4 aliphatic rings. The van der Waals surface area contributed by atoms with Crippen molar-refractivity contribution in [2.24, 2.45) is 5.41 Å². The van der Waals surface area contributed by atoms with Gasteiger partial charge in [-0.3, -0.25) is 9.88 Å². The molecule has 2 aromatic carbocycles. The van der Waals surface area contributed by atoms with Gasteiger partial charge in [-0.15, -0.1) is 0 Å². The van der Waals surface area contributed by atoms with Crippen molar-refractivity contribution in [1.29, 1.82) is 0 Å². The van der Waals surface area contributed by atoms with Crippen LogP contribution < -0.4 is 9.64 Å². The van der Waals surface area contributed by atoms with Crippen LogP contribution in [0.4, 0.5) is 10.2 Å². The molecule has 4 heterocycles. The lowest BCUT2D eigenvalue weighted by atomic mass is 9.75. The lowest BCUT2D eigenvalue weighted by Gasteiger charge is -2.46. The van der Waals surface area contributed by atoms with Gasteiger partial charge >= 0.3 is 6.01 Å². The molecule has 2 aliphatic carbocycles. The highest BCUT2D eigenvalue weighted by atomic mass is 19.1. The molecular formula is C37H44FN5O4. The Morgan fingerprint density at radius 2 is 1.96 bits per heavy atom. The number of benzene rings is 2. The summed E-state index contributed by atoms with van der Waals surface area (Å²) in [6.45, 7) is 6.74. The number of nitrogens with zero attached hydrogens (tertiary/aromatic N) is 5. The molecule has 2 saturated heterocycles. The van der Waals surface area contributed by atoms with Crippen LogP contribution in [0.2, 0.25) is 0 Å². The topological polar surface area (TPSA) is 104 Å². The minimum Gasteiger partial charge on any atom is -0.508 e. The molecule has 2 N–H and O–H groups in total. The van der Waals surface area contributed by atoms with Crippen LogP contribution in [-0.4, -0.2) is 87.2 Å². The summed E-state index contributed by atoms with van der Waals surface area (Å²) < 4.78 is 29.2. The Morgan fingerprint density at radius 3 is 2.79 bits per heavy atom. The molecule has 0 amide bonds. The number of phenols is 1. The number of fused-ring (bicyclic) bond motifs is 3. The minimum atomic E-state index is -1.12. The summed E-state index contributed by atoms with van der Waals surface area (Å²) in [4.78, 5) is 18.9. The Bertz CT molecular complexity index is 1830. The predicted octanol–water partition coefficient (Wildman–Crippen LogP) is 6.02. The third kappa shape index (κ3) is 5.58. The molecule has 4 fully saturated rings. The number of aromatic nitrogens is 3. The van der Waals surface area contributed by atoms with Gasteiger partial charge in [-0.2, -0.15) is 9.97 Å².